The Labute approximate surface area is 110 Å². The van der Waals surface area contributed by atoms with Crippen LogP contribution in [0, 0.1) is 0 Å². The quantitative estimate of drug-likeness (QED) is 0.630. The summed E-state index contributed by atoms with van der Waals surface area (Å²) >= 11 is 0. The van der Waals surface area contributed by atoms with E-state index in [1.165, 1.54) is 0 Å². The minimum Gasteiger partial charge on any atom is -0.394 e. The Balaban J connectivity index is 2.21. The summed E-state index contributed by atoms with van der Waals surface area (Å²) in [4.78, 5) is 10.9. The van der Waals surface area contributed by atoms with Crippen molar-refractivity contribution in [1.82, 2.24) is 0 Å². The molecule has 0 aromatic heterocycles. The Hall–Kier alpha value is -1.31. The number of aliphatic hydroxyl groups is 3. The van der Waals surface area contributed by atoms with Gasteiger partial charge in [-0.1, -0.05) is 30.3 Å². The maximum Gasteiger partial charge on any atom is 0.185 e. The van der Waals surface area contributed by atoms with Gasteiger partial charge >= 0.3 is 0 Å². The molecule has 1 aliphatic rings. The van der Waals surface area contributed by atoms with Gasteiger partial charge in [-0.2, -0.15) is 0 Å². The van der Waals surface area contributed by atoms with Crippen molar-refractivity contribution >= 4 is 6.29 Å². The molecule has 1 unspecified atom stereocenters. The van der Waals surface area contributed by atoms with E-state index in [1.54, 1.807) is 24.3 Å². The Kier molecular flexibility index (Phi) is 4.62. The Morgan fingerprint density at radius 3 is 2.53 bits per heavy atom. The van der Waals surface area contributed by atoms with Gasteiger partial charge in [-0.25, -0.2) is 0 Å². The first kappa shape index (κ1) is 14.1. The number of carbonyl (C=O) groups excluding carboxylic acids is 1. The standard InChI is InChI=1S/C13H16O6/c14-6-9(16)12-11(17)10(7-15)18-13(19-12)8-4-2-1-3-5-8/h1-5,7,9-14,16-17H,6H2/t9-,10+,11-,12-,13?/m1/s1. The minimum atomic E-state index is -1.32. The molecule has 2 rings (SSSR count). The SMILES string of the molecule is O=C[C@@H]1OC(c2ccccc2)O[C@H]([C@H](O)CO)[C@@H]1O. The van der Waals surface area contributed by atoms with Gasteiger partial charge in [0.05, 0.1) is 6.61 Å². The highest BCUT2D eigenvalue weighted by molar-refractivity contribution is 5.57. The minimum absolute atomic E-state index is 0.459. The van der Waals surface area contributed by atoms with Gasteiger partial charge in [-0.15, -0.1) is 0 Å². The largest absolute Gasteiger partial charge is 0.394 e. The molecule has 1 fully saturated rings. The van der Waals surface area contributed by atoms with Crippen molar-refractivity contribution < 1.29 is 29.6 Å². The fourth-order valence-corrected chi connectivity index (χ4v) is 1.97. The van der Waals surface area contributed by atoms with Crippen LogP contribution < -0.4 is 0 Å². The molecule has 0 amide bonds. The lowest BCUT2D eigenvalue weighted by Crippen LogP contribution is -2.53. The second-order valence-electron chi connectivity index (χ2n) is 4.32. The third-order valence-corrected chi connectivity index (χ3v) is 3.01. The summed E-state index contributed by atoms with van der Waals surface area (Å²) in [5.74, 6) is 0. The summed E-state index contributed by atoms with van der Waals surface area (Å²) in [6.07, 6.45) is -5.21. The van der Waals surface area contributed by atoms with Crippen molar-refractivity contribution in [3.63, 3.8) is 0 Å². The fraction of sp³-hybridized carbons (Fsp3) is 0.462. The zero-order valence-corrected chi connectivity index (χ0v) is 10.1. The predicted octanol–water partition coefficient (Wildman–Crippen LogP) is -0.618. The van der Waals surface area contributed by atoms with Crippen molar-refractivity contribution in [1.29, 1.82) is 0 Å². The average molecular weight is 268 g/mol. The van der Waals surface area contributed by atoms with Crippen molar-refractivity contribution in [2.75, 3.05) is 6.61 Å². The van der Waals surface area contributed by atoms with Crippen LogP contribution in [-0.2, 0) is 14.3 Å². The van der Waals surface area contributed by atoms with Gasteiger partial charge in [0.25, 0.3) is 0 Å². The van der Waals surface area contributed by atoms with Crippen molar-refractivity contribution in [3.8, 4) is 0 Å². The Morgan fingerprint density at radius 2 is 1.95 bits per heavy atom. The smallest absolute Gasteiger partial charge is 0.185 e. The van der Waals surface area contributed by atoms with Gasteiger partial charge in [0.15, 0.2) is 12.6 Å². The monoisotopic (exact) mass is 268 g/mol. The Morgan fingerprint density at radius 1 is 1.26 bits per heavy atom. The van der Waals surface area contributed by atoms with Crippen LogP contribution in [0.2, 0.25) is 0 Å². The van der Waals surface area contributed by atoms with Gasteiger partial charge in [0.2, 0.25) is 0 Å². The van der Waals surface area contributed by atoms with Gasteiger partial charge < -0.3 is 29.6 Å². The molecule has 3 N–H and O–H groups in total. The molecule has 0 radical (unpaired) electrons. The predicted molar refractivity (Wildman–Crippen MR) is 64.1 cm³/mol. The summed E-state index contributed by atoms with van der Waals surface area (Å²) in [5, 5.41) is 28.4. The molecule has 19 heavy (non-hydrogen) atoms. The van der Waals surface area contributed by atoms with Crippen LogP contribution in [0.4, 0.5) is 0 Å². The second-order valence-corrected chi connectivity index (χ2v) is 4.32. The highest BCUT2D eigenvalue weighted by Gasteiger charge is 2.42. The average Bonchev–Trinajstić information content (AvgIpc) is 2.47. The van der Waals surface area contributed by atoms with Crippen LogP contribution in [-0.4, -0.2) is 52.6 Å². The first-order valence-corrected chi connectivity index (χ1v) is 5.95. The summed E-state index contributed by atoms with van der Waals surface area (Å²) in [5.41, 5.74) is 0.663. The summed E-state index contributed by atoms with van der Waals surface area (Å²) < 4.78 is 10.8. The van der Waals surface area contributed by atoms with Crippen LogP contribution >= 0.6 is 0 Å². The summed E-state index contributed by atoms with van der Waals surface area (Å²) in [6, 6.07) is 8.86. The maximum absolute atomic E-state index is 10.9. The van der Waals surface area contributed by atoms with E-state index in [1.807, 2.05) is 6.07 Å². The number of rotatable bonds is 4. The molecule has 6 nitrogen and oxygen atoms in total. The lowest BCUT2D eigenvalue weighted by molar-refractivity contribution is -0.296. The van der Waals surface area contributed by atoms with E-state index in [0.717, 1.165) is 0 Å². The normalized spacial score (nSPS) is 32.8. The third-order valence-electron chi connectivity index (χ3n) is 3.01. The molecule has 0 aliphatic carbocycles. The summed E-state index contributed by atoms with van der Waals surface area (Å²) in [7, 11) is 0. The second kappa shape index (κ2) is 6.23. The molecular weight excluding hydrogens is 252 g/mol. The zero-order chi connectivity index (χ0) is 13.8. The molecule has 0 bridgehead atoms. The molecule has 1 saturated heterocycles. The number of aldehydes is 1. The third kappa shape index (κ3) is 2.99. The van der Waals surface area contributed by atoms with E-state index in [9.17, 15) is 15.0 Å². The van der Waals surface area contributed by atoms with Crippen LogP contribution in [0.5, 0.6) is 0 Å². The van der Waals surface area contributed by atoms with Crippen LogP contribution in [0.15, 0.2) is 30.3 Å². The lowest BCUT2D eigenvalue weighted by Gasteiger charge is -2.39. The van der Waals surface area contributed by atoms with E-state index in [2.05, 4.69) is 0 Å². The molecule has 1 aromatic rings. The van der Waals surface area contributed by atoms with Gasteiger partial charge in [-0.05, 0) is 0 Å². The maximum atomic E-state index is 10.9. The zero-order valence-electron chi connectivity index (χ0n) is 10.1. The first-order valence-electron chi connectivity index (χ1n) is 5.95. The molecule has 0 spiro atoms. The van der Waals surface area contributed by atoms with Gasteiger partial charge in [0.1, 0.15) is 24.4 Å². The molecular formula is C13H16O6. The highest BCUT2D eigenvalue weighted by Crippen LogP contribution is 2.30. The molecule has 0 saturated carbocycles. The molecule has 6 heteroatoms. The number of hydrogen-bond acceptors (Lipinski definition) is 6. The lowest BCUT2D eigenvalue weighted by atomic mass is 10.0. The molecule has 1 aromatic carbocycles. The summed E-state index contributed by atoms with van der Waals surface area (Å²) in [6.45, 7) is -0.575. The van der Waals surface area contributed by atoms with E-state index in [4.69, 9.17) is 14.6 Å². The van der Waals surface area contributed by atoms with E-state index < -0.39 is 37.3 Å². The van der Waals surface area contributed by atoms with Crippen LogP contribution in [0.25, 0.3) is 0 Å². The van der Waals surface area contributed by atoms with Crippen LogP contribution in [0.1, 0.15) is 11.9 Å². The van der Waals surface area contributed by atoms with Crippen molar-refractivity contribution in [2.45, 2.75) is 30.7 Å². The number of benzene rings is 1. The molecule has 5 atom stereocenters. The van der Waals surface area contributed by atoms with E-state index in [0.29, 0.717) is 11.8 Å². The van der Waals surface area contributed by atoms with E-state index >= 15 is 0 Å². The highest BCUT2D eigenvalue weighted by atomic mass is 16.7. The van der Waals surface area contributed by atoms with Crippen molar-refractivity contribution in [3.05, 3.63) is 35.9 Å². The van der Waals surface area contributed by atoms with Gasteiger partial charge in [-0.3, -0.25) is 0 Å². The topological polar surface area (TPSA) is 96.2 Å². The number of aliphatic hydroxyl groups excluding tert-OH is 3. The van der Waals surface area contributed by atoms with Gasteiger partial charge in [0, 0.05) is 5.56 Å². The number of carbonyl (C=O) groups is 1. The first-order chi connectivity index (χ1) is 9.17. The van der Waals surface area contributed by atoms with Crippen molar-refractivity contribution in [2.24, 2.45) is 0 Å². The molecule has 1 heterocycles. The fourth-order valence-electron chi connectivity index (χ4n) is 1.97. The van der Waals surface area contributed by atoms with E-state index in [-0.39, 0.29) is 0 Å². The number of hydrogen-bond donors (Lipinski definition) is 3. The molecule has 1 aliphatic heterocycles. The Bertz CT molecular complexity index is 409. The van der Waals surface area contributed by atoms with Crippen LogP contribution in [0.3, 0.4) is 0 Å². The number of ether oxygens (including phenoxy) is 2. The molecule has 104 valence electrons.